The number of ether oxygens (including phenoxy) is 1. The van der Waals surface area contributed by atoms with Crippen LogP contribution in [0.4, 0.5) is 0 Å². The Bertz CT molecular complexity index is 944. The van der Waals surface area contributed by atoms with Crippen molar-refractivity contribution in [2.24, 2.45) is 0 Å². The molecule has 0 aliphatic heterocycles. The number of hydrogen-bond acceptors (Lipinski definition) is 4. The van der Waals surface area contributed by atoms with Crippen molar-refractivity contribution < 1.29 is 18.7 Å². The van der Waals surface area contributed by atoms with Gasteiger partial charge in [-0.05, 0) is 49.2 Å². The van der Waals surface area contributed by atoms with Crippen molar-refractivity contribution in [3.63, 3.8) is 0 Å². The third-order valence-electron chi connectivity index (χ3n) is 4.22. The Hall–Kier alpha value is -3.28. The molecule has 2 amide bonds. The smallest absolute Gasteiger partial charge is 0.269 e. The molecule has 0 radical (unpaired) electrons. The van der Waals surface area contributed by atoms with Crippen LogP contribution in [0.2, 0.25) is 0 Å². The van der Waals surface area contributed by atoms with Crippen LogP contribution in [0, 0.1) is 0 Å². The van der Waals surface area contributed by atoms with Crippen LogP contribution in [0.1, 0.15) is 35.3 Å². The van der Waals surface area contributed by atoms with Gasteiger partial charge in [0.05, 0.1) is 19.3 Å². The third-order valence-corrected chi connectivity index (χ3v) is 4.22. The number of fused-ring (bicyclic) bond motifs is 1. The number of hydrazine groups is 1. The second-order valence-electron chi connectivity index (χ2n) is 6.08. The normalized spacial score (nSPS) is 10.6. The molecule has 3 rings (SSSR count). The standard InChI is InChI=1S/C21H22N2O4/c1-3-14-5-10-18-16(13-27-19(18)11-14)12-20(24)22-23-21(25)15-6-8-17(9-7-15)26-4-2/h5-11,13H,3-4,12H2,1-2H3,(H,22,24)(H,23,25). The topological polar surface area (TPSA) is 80.6 Å². The van der Waals surface area contributed by atoms with Crippen LogP contribution in [-0.2, 0) is 17.6 Å². The average Bonchev–Trinajstić information content (AvgIpc) is 3.08. The lowest BCUT2D eigenvalue weighted by atomic mass is 10.1. The van der Waals surface area contributed by atoms with Gasteiger partial charge in [0, 0.05) is 16.5 Å². The van der Waals surface area contributed by atoms with Gasteiger partial charge in [0.2, 0.25) is 5.91 Å². The van der Waals surface area contributed by atoms with Crippen molar-refractivity contribution >= 4 is 22.8 Å². The Labute approximate surface area is 157 Å². The molecular formula is C21H22N2O4. The van der Waals surface area contributed by atoms with Gasteiger partial charge in [-0.25, -0.2) is 0 Å². The fraction of sp³-hybridized carbons (Fsp3) is 0.238. The van der Waals surface area contributed by atoms with Gasteiger partial charge in [-0.3, -0.25) is 20.4 Å². The zero-order valence-corrected chi connectivity index (χ0v) is 15.4. The second-order valence-corrected chi connectivity index (χ2v) is 6.08. The number of benzene rings is 2. The molecule has 3 aromatic rings. The van der Waals surface area contributed by atoms with Crippen molar-refractivity contribution in [1.29, 1.82) is 0 Å². The predicted octanol–water partition coefficient (Wildman–Crippen LogP) is 3.40. The van der Waals surface area contributed by atoms with Gasteiger partial charge in [0.15, 0.2) is 0 Å². The molecule has 27 heavy (non-hydrogen) atoms. The number of furan rings is 1. The molecular weight excluding hydrogens is 344 g/mol. The molecule has 0 aliphatic rings. The lowest BCUT2D eigenvalue weighted by Gasteiger charge is -2.08. The van der Waals surface area contributed by atoms with Gasteiger partial charge in [-0.1, -0.05) is 19.1 Å². The van der Waals surface area contributed by atoms with E-state index >= 15 is 0 Å². The molecule has 0 atom stereocenters. The van der Waals surface area contributed by atoms with Crippen LogP contribution in [0.5, 0.6) is 5.75 Å². The van der Waals surface area contributed by atoms with Crippen molar-refractivity contribution in [3.8, 4) is 5.75 Å². The molecule has 2 aromatic carbocycles. The Kier molecular flexibility index (Phi) is 5.76. The van der Waals surface area contributed by atoms with Gasteiger partial charge in [0.25, 0.3) is 5.91 Å². The summed E-state index contributed by atoms with van der Waals surface area (Å²) in [5.41, 5.74) is 8.00. The summed E-state index contributed by atoms with van der Waals surface area (Å²) >= 11 is 0. The lowest BCUT2D eigenvalue weighted by molar-refractivity contribution is -0.121. The van der Waals surface area contributed by atoms with Crippen LogP contribution in [0.3, 0.4) is 0 Å². The number of nitrogens with one attached hydrogen (secondary N) is 2. The van der Waals surface area contributed by atoms with Crippen molar-refractivity contribution in [2.45, 2.75) is 26.7 Å². The average molecular weight is 366 g/mol. The molecule has 0 saturated heterocycles. The van der Waals surface area contributed by atoms with Crippen LogP contribution in [0.25, 0.3) is 11.0 Å². The first-order valence-corrected chi connectivity index (χ1v) is 8.91. The molecule has 140 valence electrons. The van der Waals surface area contributed by atoms with E-state index < -0.39 is 5.91 Å². The molecule has 6 heteroatoms. The first kappa shape index (κ1) is 18.5. The Balaban J connectivity index is 1.57. The molecule has 0 spiro atoms. The minimum absolute atomic E-state index is 0.113. The van der Waals surface area contributed by atoms with E-state index in [4.69, 9.17) is 9.15 Å². The van der Waals surface area contributed by atoms with E-state index in [2.05, 4.69) is 17.8 Å². The summed E-state index contributed by atoms with van der Waals surface area (Å²) in [5.74, 6) is -0.0243. The minimum Gasteiger partial charge on any atom is -0.494 e. The number of rotatable bonds is 6. The number of amides is 2. The second kappa shape index (κ2) is 8.40. The fourth-order valence-corrected chi connectivity index (χ4v) is 2.77. The number of carbonyl (C=O) groups excluding carboxylic acids is 2. The number of hydrogen-bond donors (Lipinski definition) is 2. The monoisotopic (exact) mass is 366 g/mol. The molecule has 0 unspecified atom stereocenters. The van der Waals surface area contributed by atoms with Gasteiger partial charge in [0.1, 0.15) is 11.3 Å². The summed E-state index contributed by atoms with van der Waals surface area (Å²) in [6, 6.07) is 12.7. The van der Waals surface area contributed by atoms with Gasteiger partial charge in [-0.2, -0.15) is 0 Å². The maximum absolute atomic E-state index is 12.2. The SMILES string of the molecule is CCOc1ccc(C(=O)NNC(=O)Cc2coc3cc(CC)ccc23)cc1. The summed E-state index contributed by atoms with van der Waals surface area (Å²) in [6.45, 7) is 4.53. The highest BCUT2D eigenvalue weighted by Crippen LogP contribution is 2.23. The van der Waals surface area contributed by atoms with Crippen molar-refractivity contribution in [3.05, 3.63) is 65.4 Å². The van der Waals surface area contributed by atoms with Crippen LogP contribution < -0.4 is 15.6 Å². The van der Waals surface area contributed by atoms with Crippen LogP contribution in [0.15, 0.2) is 53.1 Å². The summed E-state index contributed by atoms with van der Waals surface area (Å²) in [7, 11) is 0. The van der Waals surface area contributed by atoms with Crippen molar-refractivity contribution in [2.75, 3.05) is 6.61 Å². The molecule has 0 fully saturated rings. The van der Waals surface area contributed by atoms with Crippen molar-refractivity contribution in [1.82, 2.24) is 10.9 Å². The Morgan fingerprint density at radius 3 is 2.52 bits per heavy atom. The van der Waals surface area contributed by atoms with E-state index in [0.29, 0.717) is 17.9 Å². The van der Waals surface area contributed by atoms with Gasteiger partial charge >= 0.3 is 0 Å². The van der Waals surface area contributed by atoms with Crippen LogP contribution >= 0.6 is 0 Å². The van der Waals surface area contributed by atoms with E-state index in [-0.39, 0.29) is 12.3 Å². The van der Waals surface area contributed by atoms with Gasteiger partial charge < -0.3 is 9.15 Å². The van der Waals surface area contributed by atoms with Crippen LogP contribution in [-0.4, -0.2) is 18.4 Å². The summed E-state index contributed by atoms with van der Waals surface area (Å²) in [6.07, 6.45) is 2.62. The maximum atomic E-state index is 12.2. The molecule has 6 nitrogen and oxygen atoms in total. The molecule has 2 N–H and O–H groups in total. The van der Waals surface area contributed by atoms with E-state index in [1.165, 1.54) is 5.56 Å². The third kappa shape index (κ3) is 4.47. The highest BCUT2D eigenvalue weighted by Gasteiger charge is 2.12. The molecule has 1 aromatic heterocycles. The van der Waals surface area contributed by atoms with E-state index in [1.54, 1.807) is 30.5 Å². The minimum atomic E-state index is -0.393. The zero-order chi connectivity index (χ0) is 19.2. The largest absolute Gasteiger partial charge is 0.494 e. The molecule has 1 heterocycles. The first-order chi connectivity index (χ1) is 13.1. The van der Waals surface area contributed by atoms with E-state index in [0.717, 1.165) is 23.0 Å². The first-order valence-electron chi connectivity index (χ1n) is 8.91. The zero-order valence-electron chi connectivity index (χ0n) is 15.4. The van der Waals surface area contributed by atoms with E-state index in [1.807, 2.05) is 25.1 Å². The van der Waals surface area contributed by atoms with E-state index in [9.17, 15) is 9.59 Å². The predicted molar refractivity (Wildman–Crippen MR) is 103 cm³/mol. The summed E-state index contributed by atoms with van der Waals surface area (Å²) < 4.78 is 10.9. The Morgan fingerprint density at radius 1 is 1.04 bits per heavy atom. The quantitative estimate of drug-likeness (QED) is 0.655. The molecule has 0 saturated carbocycles. The number of aryl methyl sites for hydroxylation is 1. The Morgan fingerprint density at radius 2 is 1.81 bits per heavy atom. The number of carbonyl (C=O) groups is 2. The molecule has 0 aliphatic carbocycles. The highest BCUT2D eigenvalue weighted by molar-refractivity contribution is 5.96. The summed E-state index contributed by atoms with van der Waals surface area (Å²) in [4.78, 5) is 24.3. The fourth-order valence-electron chi connectivity index (χ4n) is 2.77. The highest BCUT2D eigenvalue weighted by atomic mass is 16.5. The maximum Gasteiger partial charge on any atom is 0.269 e. The lowest BCUT2D eigenvalue weighted by Crippen LogP contribution is -2.42. The van der Waals surface area contributed by atoms with Gasteiger partial charge in [-0.15, -0.1) is 0 Å². The molecule has 0 bridgehead atoms. The summed E-state index contributed by atoms with van der Waals surface area (Å²) in [5, 5.41) is 0.903.